The number of aromatic amines is 1. The second kappa shape index (κ2) is 2.41. The smallest absolute Gasteiger partial charge is 0.260 e. The number of fused-ring (bicyclic) bond motifs is 3. The van der Waals surface area contributed by atoms with Crippen LogP contribution in [0.2, 0.25) is 0 Å². The fourth-order valence-corrected chi connectivity index (χ4v) is 1.52. The molecule has 68 valence electrons. The van der Waals surface area contributed by atoms with Crippen molar-refractivity contribution in [2.45, 2.75) is 0 Å². The molecule has 0 aliphatic rings. The van der Waals surface area contributed by atoms with E-state index in [1.54, 1.807) is 28.9 Å². The molecular weight excluding hydrogens is 180 g/mol. The standard InChI is InChI=1S/C9H6N4O/c14-9-6-1-2-7-10-3-4-13(7)8(6)11-5-12-9/h1-5H,(H,11,12,14). The number of nitrogens with one attached hydrogen (secondary N) is 1. The van der Waals surface area contributed by atoms with Gasteiger partial charge in [-0.05, 0) is 12.1 Å². The van der Waals surface area contributed by atoms with Crippen molar-refractivity contribution in [2.24, 2.45) is 0 Å². The first-order chi connectivity index (χ1) is 6.86. The van der Waals surface area contributed by atoms with Crippen LogP contribution in [0.3, 0.4) is 0 Å². The summed E-state index contributed by atoms with van der Waals surface area (Å²) < 4.78 is 1.78. The summed E-state index contributed by atoms with van der Waals surface area (Å²) in [6, 6.07) is 3.52. The second-order valence-electron chi connectivity index (χ2n) is 2.96. The molecule has 3 heterocycles. The Kier molecular flexibility index (Phi) is 1.25. The second-order valence-corrected chi connectivity index (χ2v) is 2.96. The molecule has 0 spiro atoms. The number of H-pyrrole nitrogens is 1. The Labute approximate surface area is 78.1 Å². The van der Waals surface area contributed by atoms with E-state index in [9.17, 15) is 4.79 Å². The van der Waals surface area contributed by atoms with Crippen molar-refractivity contribution in [2.75, 3.05) is 0 Å². The van der Waals surface area contributed by atoms with Crippen LogP contribution in [-0.2, 0) is 0 Å². The molecule has 3 aromatic heterocycles. The van der Waals surface area contributed by atoms with E-state index in [0.29, 0.717) is 11.0 Å². The van der Waals surface area contributed by atoms with Crippen LogP contribution in [0.15, 0.2) is 35.6 Å². The first-order valence-electron chi connectivity index (χ1n) is 4.16. The molecule has 14 heavy (non-hydrogen) atoms. The minimum absolute atomic E-state index is 0.134. The van der Waals surface area contributed by atoms with Gasteiger partial charge in [-0.1, -0.05) is 0 Å². The average Bonchev–Trinajstić information content (AvgIpc) is 2.66. The molecule has 0 saturated heterocycles. The van der Waals surface area contributed by atoms with Gasteiger partial charge in [0.15, 0.2) is 5.65 Å². The van der Waals surface area contributed by atoms with Crippen molar-refractivity contribution >= 4 is 16.7 Å². The molecule has 5 heteroatoms. The van der Waals surface area contributed by atoms with Gasteiger partial charge in [0, 0.05) is 12.4 Å². The summed E-state index contributed by atoms with van der Waals surface area (Å²) in [5.41, 5.74) is 1.28. The Balaban J connectivity index is 2.71. The maximum absolute atomic E-state index is 11.4. The third kappa shape index (κ3) is 0.806. The molecule has 0 aliphatic heterocycles. The number of aromatic nitrogens is 4. The molecule has 0 fully saturated rings. The molecule has 0 saturated carbocycles. The summed E-state index contributed by atoms with van der Waals surface area (Å²) in [6.45, 7) is 0. The predicted octanol–water partition coefficient (Wildman–Crippen LogP) is 0.571. The van der Waals surface area contributed by atoms with Crippen molar-refractivity contribution in [3.63, 3.8) is 0 Å². The van der Waals surface area contributed by atoms with E-state index in [0.717, 1.165) is 5.65 Å². The molecule has 0 unspecified atom stereocenters. The van der Waals surface area contributed by atoms with Crippen LogP contribution in [0.4, 0.5) is 0 Å². The number of hydrogen-bond acceptors (Lipinski definition) is 3. The van der Waals surface area contributed by atoms with E-state index in [2.05, 4.69) is 15.0 Å². The Bertz CT molecular complexity index is 667. The third-order valence-electron chi connectivity index (χ3n) is 2.16. The van der Waals surface area contributed by atoms with Gasteiger partial charge < -0.3 is 4.98 Å². The lowest BCUT2D eigenvalue weighted by Gasteiger charge is -1.98. The van der Waals surface area contributed by atoms with Gasteiger partial charge in [-0.25, -0.2) is 9.97 Å². The lowest BCUT2D eigenvalue weighted by Crippen LogP contribution is -2.08. The highest BCUT2D eigenvalue weighted by Crippen LogP contribution is 2.08. The quantitative estimate of drug-likeness (QED) is 0.558. The molecule has 0 aliphatic carbocycles. The third-order valence-corrected chi connectivity index (χ3v) is 2.16. The van der Waals surface area contributed by atoms with Crippen LogP contribution in [0.25, 0.3) is 16.7 Å². The molecule has 3 aromatic rings. The van der Waals surface area contributed by atoms with Gasteiger partial charge in [-0.2, -0.15) is 0 Å². The van der Waals surface area contributed by atoms with Crippen molar-refractivity contribution < 1.29 is 0 Å². The van der Waals surface area contributed by atoms with Crippen molar-refractivity contribution in [3.05, 3.63) is 41.2 Å². The molecule has 5 nitrogen and oxygen atoms in total. The molecule has 0 amide bonds. The van der Waals surface area contributed by atoms with Crippen molar-refractivity contribution in [1.82, 2.24) is 19.4 Å². The lowest BCUT2D eigenvalue weighted by molar-refractivity contribution is 1.11. The van der Waals surface area contributed by atoms with E-state index in [1.807, 2.05) is 0 Å². The maximum Gasteiger partial charge on any atom is 0.260 e. The summed E-state index contributed by atoms with van der Waals surface area (Å²) in [5.74, 6) is 0. The van der Waals surface area contributed by atoms with Crippen LogP contribution < -0.4 is 5.56 Å². The highest BCUT2D eigenvalue weighted by atomic mass is 16.1. The van der Waals surface area contributed by atoms with E-state index < -0.39 is 0 Å². The van der Waals surface area contributed by atoms with E-state index in [4.69, 9.17) is 0 Å². The number of nitrogens with zero attached hydrogens (tertiary/aromatic N) is 3. The van der Waals surface area contributed by atoms with E-state index in [1.165, 1.54) is 6.33 Å². The normalized spacial score (nSPS) is 11.1. The summed E-state index contributed by atoms with van der Waals surface area (Å²) in [5, 5.41) is 0.568. The highest BCUT2D eigenvalue weighted by Gasteiger charge is 2.03. The first kappa shape index (κ1) is 7.25. The van der Waals surface area contributed by atoms with Crippen LogP contribution in [0, 0.1) is 0 Å². The van der Waals surface area contributed by atoms with Crippen LogP contribution >= 0.6 is 0 Å². The fourth-order valence-electron chi connectivity index (χ4n) is 1.52. The van der Waals surface area contributed by atoms with Gasteiger partial charge in [0.2, 0.25) is 0 Å². The van der Waals surface area contributed by atoms with Gasteiger partial charge in [0.1, 0.15) is 5.65 Å². The largest absolute Gasteiger partial charge is 0.313 e. The van der Waals surface area contributed by atoms with Crippen molar-refractivity contribution in [1.29, 1.82) is 0 Å². The summed E-state index contributed by atoms with van der Waals surface area (Å²) in [6.07, 6.45) is 4.85. The summed E-state index contributed by atoms with van der Waals surface area (Å²) >= 11 is 0. The highest BCUT2D eigenvalue weighted by molar-refractivity contribution is 5.76. The number of hydrogen-bond donors (Lipinski definition) is 1. The predicted molar refractivity (Wildman–Crippen MR) is 51.1 cm³/mol. The topological polar surface area (TPSA) is 63.0 Å². The zero-order valence-electron chi connectivity index (χ0n) is 7.14. The van der Waals surface area contributed by atoms with Gasteiger partial charge >= 0.3 is 0 Å². The fraction of sp³-hybridized carbons (Fsp3) is 0. The lowest BCUT2D eigenvalue weighted by atomic mass is 10.3. The van der Waals surface area contributed by atoms with Crippen LogP contribution in [-0.4, -0.2) is 19.4 Å². The minimum atomic E-state index is -0.134. The molecule has 0 aromatic carbocycles. The van der Waals surface area contributed by atoms with Gasteiger partial charge in [0.25, 0.3) is 5.56 Å². The zero-order chi connectivity index (χ0) is 9.54. The molecule has 0 atom stereocenters. The van der Waals surface area contributed by atoms with E-state index in [-0.39, 0.29) is 5.56 Å². The van der Waals surface area contributed by atoms with Gasteiger partial charge in [-0.3, -0.25) is 9.20 Å². The van der Waals surface area contributed by atoms with Gasteiger partial charge in [-0.15, -0.1) is 0 Å². The first-order valence-corrected chi connectivity index (χ1v) is 4.16. The monoisotopic (exact) mass is 186 g/mol. The Morgan fingerprint density at radius 2 is 2.21 bits per heavy atom. The SMILES string of the molecule is O=c1[nH]cnc2c1ccc1nccn12. The molecule has 0 radical (unpaired) electrons. The number of imidazole rings is 1. The number of pyridine rings is 1. The molecule has 1 N–H and O–H groups in total. The summed E-state index contributed by atoms with van der Waals surface area (Å²) in [4.78, 5) is 22.2. The minimum Gasteiger partial charge on any atom is -0.313 e. The Hall–Kier alpha value is -2.17. The molecule has 3 rings (SSSR count). The van der Waals surface area contributed by atoms with Crippen molar-refractivity contribution in [3.8, 4) is 0 Å². The summed E-state index contributed by atoms with van der Waals surface area (Å²) in [7, 11) is 0. The number of rotatable bonds is 0. The molecular formula is C9H6N4O. The van der Waals surface area contributed by atoms with Gasteiger partial charge in [0.05, 0.1) is 11.7 Å². The van der Waals surface area contributed by atoms with E-state index >= 15 is 0 Å². The molecule has 0 bridgehead atoms. The van der Waals surface area contributed by atoms with Crippen LogP contribution in [0.1, 0.15) is 0 Å². The van der Waals surface area contributed by atoms with Crippen LogP contribution in [0.5, 0.6) is 0 Å². The Morgan fingerprint density at radius 3 is 3.14 bits per heavy atom. The maximum atomic E-state index is 11.4. The average molecular weight is 186 g/mol. The Morgan fingerprint density at radius 1 is 1.29 bits per heavy atom. The zero-order valence-corrected chi connectivity index (χ0v) is 7.14.